The van der Waals surface area contributed by atoms with Crippen LogP contribution in [0.2, 0.25) is 0 Å². The Morgan fingerprint density at radius 1 is 0.321 bits per heavy atom. The lowest BCUT2D eigenvalue weighted by Crippen LogP contribution is -2.00. The van der Waals surface area contributed by atoms with Gasteiger partial charge in [0.05, 0.1) is 0 Å². The van der Waals surface area contributed by atoms with Crippen molar-refractivity contribution in [3.8, 4) is 78.7 Å². The van der Waals surface area contributed by atoms with E-state index in [-0.39, 0.29) is 0 Å². The molecule has 0 fully saturated rings. The number of hydrogen-bond donors (Lipinski definition) is 0. The summed E-state index contributed by atoms with van der Waals surface area (Å²) < 4.78 is 6.64. The average Bonchev–Trinajstić information content (AvgIpc) is 3.66. The molecule has 0 saturated carbocycles. The van der Waals surface area contributed by atoms with Crippen LogP contribution in [0.5, 0.6) is 0 Å². The van der Waals surface area contributed by atoms with Crippen molar-refractivity contribution in [1.29, 1.82) is 0 Å². The van der Waals surface area contributed by atoms with Gasteiger partial charge < -0.3 is 4.42 Å². The third-order valence-corrected chi connectivity index (χ3v) is 10.4. The Morgan fingerprint density at radius 2 is 0.786 bits per heavy atom. The van der Waals surface area contributed by atoms with E-state index in [1.807, 2.05) is 36.4 Å². The molecule has 2 aromatic heterocycles. The number of fused-ring (bicyclic) bond motifs is 3. The summed E-state index contributed by atoms with van der Waals surface area (Å²) in [6.07, 6.45) is 0. The van der Waals surface area contributed by atoms with E-state index < -0.39 is 0 Å². The van der Waals surface area contributed by atoms with Crippen LogP contribution in [0.4, 0.5) is 0 Å². The molecule has 0 radical (unpaired) electrons. The molecule has 4 heteroatoms. The second-order valence-electron chi connectivity index (χ2n) is 14.1. The largest absolute Gasteiger partial charge is 0.456 e. The van der Waals surface area contributed by atoms with Crippen molar-refractivity contribution in [3.63, 3.8) is 0 Å². The lowest BCUT2D eigenvalue weighted by molar-refractivity contribution is 0.669. The SMILES string of the molecule is Cc1ccc(-c2cccc(-c3nc(-c4ccccc4)nc(-c4ccc5c(c4)oc4cccc(-c6cc(-c7ccccc7)cc(-c7ccccc7)c6)c45)n3)c2)cc1. The summed E-state index contributed by atoms with van der Waals surface area (Å²) >= 11 is 0. The van der Waals surface area contributed by atoms with E-state index in [9.17, 15) is 0 Å². The molecule has 0 N–H and O–H groups in total. The number of aryl methyl sites for hydroxylation is 1. The highest BCUT2D eigenvalue weighted by atomic mass is 16.3. The summed E-state index contributed by atoms with van der Waals surface area (Å²) in [5.74, 6) is 1.81. The van der Waals surface area contributed by atoms with Crippen LogP contribution in [0.15, 0.2) is 199 Å². The molecule has 0 aliphatic rings. The Morgan fingerprint density at radius 3 is 1.43 bits per heavy atom. The summed E-state index contributed by atoms with van der Waals surface area (Å²) in [6.45, 7) is 2.10. The summed E-state index contributed by atoms with van der Waals surface area (Å²) in [5, 5.41) is 2.11. The minimum atomic E-state index is 0.584. The maximum atomic E-state index is 6.64. The maximum absolute atomic E-state index is 6.64. The second kappa shape index (κ2) is 14.1. The van der Waals surface area contributed by atoms with Gasteiger partial charge in [0.2, 0.25) is 0 Å². The van der Waals surface area contributed by atoms with Crippen LogP contribution in [-0.4, -0.2) is 15.0 Å². The van der Waals surface area contributed by atoms with Crippen LogP contribution >= 0.6 is 0 Å². The predicted molar refractivity (Wildman–Crippen MR) is 230 cm³/mol. The van der Waals surface area contributed by atoms with Gasteiger partial charge in [0.1, 0.15) is 11.2 Å². The zero-order chi connectivity index (χ0) is 37.4. The molecule has 0 aliphatic heterocycles. The third kappa shape index (κ3) is 6.33. The van der Waals surface area contributed by atoms with Crippen LogP contribution < -0.4 is 0 Å². The first kappa shape index (κ1) is 33.2. The minimum absolute atomic E-state index is 0.584. The molecule has 0 unspecified atom stereocenters. The van der Waals surface area contributed by atoms with Gasteiger partial charge in [-0.2, -0.15) is 0 Å². The van der Waals surface area contributed by atoms with Crippen LogP contribution in [-0.2, 0) is 0 Å². The monoisotopic (exact) mass is 717 g/mol. The number of nitrogens with zero attached hydrogens (tertiary/aromatic N) is 3. The Balaban J connectivity index is 1.11. The van der Waals surface area contributed by atoms with Crippen molar-refractivity contribution in [2.75, 3.05) is 0 Å². The van der Waals surface area contributed by atoms with Gasteiger partial charge in [0, 0.05) is 27.5 Å². The van der Waals surface area contributed by atoms with E-state index >= 15 is 0 Å². The molecule has 10 rings (SSSR count). The zero-order valence-electron chi connectivity index (χ0n) is 30.7. The molecule has 0 amide bonds. The van der Waals surface area contributed by atoms with Crippen LogP contribution in [0.3, 0.4) is 0 Å². The van der Waals surface area contributed by atoms with Crippen molar-refractivity contribution >= 4 is 21.9 Å². The topological polar surface area (TPSA) is 51.8 Å². The smallest absolute Gasteiger partial charge is 0.164 e. The number of aromatic nitrogens is 3. The van der Waals surface area contributed by atoms with Gasteiger partial charge in [-0.05, 0) is 93.9 Å². The highest BCUT2D eigenvalue weighted by Gasteiger charge is 2.18. The Hall–Kier alpha value is -7.43. The van der Waals surface area contributed by atoms with Crippen LogP contribution in [0.1, 0.15) is 5.56 Å². The van der Waals surface area contributed by atoms with E-state index in [1.54, 1.807) is 0 Å². The quantitative estimate of drug-likeness (QED) is 0.165. The summed E-state index contributed by atoms with van der Waals surface area (Å²) in [4.78, 5) is 15.1. The molecule has 0 atom stereocenters. The molecule has 56 heavy (non-hydrogen) atoms. The molecule has 8 aromatic carbocycles. The molecule has 2 heterocycles. The van der Waals surface area contributed by atoms with Gasteiger partial charge in [0.15, 0.2) is 17.5 Å². The predicted octanol–water partition coefficient (Wildman–Crippen LogP) is 13.7. The standard InChI is InChI=1S/C52H35N3O/c1-34-23-25-37(26-24-34)39-19-11-20-40(29-39)51-53-50(38-17-9-4-10-18-38)54-52(55-51)41-27-28-46-48(33-41)56-47-22-12-21-45(49(46)47)44-31-42(35-13-5-2-6-14-35)30-43(32-44)36-15-7-3-8-16-36/h2-33H,1H3. The zero-order valence-corrected chi connectivity index (χ0v) is 30.7. The summed E-state index contributed by atoms with van der Waals surface area (Å²) in [7, 11) is 0. The number of hydrogen-bond acceptors (Lipinski definition) is 4. The summed E-state index contributed by atoms with van der Waals surface area (Å²) in [6, 6.07) is 67.7. The first-order chi connectivity index (χ1) is 27.6. The number of benzene rings is 8. The van der Waals surface area contributed by atoms with Gasteiger partial charge in [-0.15, -0.1) is 0 Å². The molecular weight excluding hydrogens is 683 g/mol. The molecule has 0 bridgehead atoms. The maximum Gasteiger partial charge on any atom is 0.164 e. The van der Waals surface area contributed by atoms with E-state index in [4.69, 9.17) is 19.4 Å². The first-order valence-electron chi connectivity index (χ1n) is 18.8. The van der Waals surface area contributed by atoms with Gasteiger partial charge in [-0.3, -0.25) is 0 Å². The average molecular weight is 718 g/mol. The third-order valence-electron chi connectivity index (χ3n) is 10.4. The fraction of sp³-hybridized carbons (Fsp3) is 0.0192. The lowest BCUT2D eigenvalue weighted by atomic mass is 9.91. The first-order valence-corrected chi connectivity index (χ1v) is 18.8. The molecular formula is C52H35N3O. The van der Waals surface area contributed by atoms with Gasteiger partial charge >= 0.3 is 0 Å². The molecule has 0 aliphatic carbocycles. The van der Waals surface area contributed by atoms with Crippen LogP contribution in [0, 0.1) is 6.92 Å². The highest BCUT2D eigenvalue weighted by molar-refractivity contribution is 6.13. The van der Waals surface area contributed by atoms with Crippen molar-refractivity contribution in [2.24, 2.45) is 0 Å². The molecule has 0 spiro atoms. The lowest BCUT2D eigenvalue weighted by Gasteiger charge is -2.12. The molecule has 264 valence electrons. The molecule has 4 nitrogen and oxygen atoms in total. The van der Waals surface area contributed by atoms with Crippen LogP contribution in [0.25, 0.3) is 101 Å². The Labute approximate surface area is 325 Å². The Kier molecular flexibility index (Phi) is 8.34. The number of rotatable bonds is 7. The summed E-state index contributed by atoms with van der Waals surface area (Å²) in [5.41, 5.74) is 14.7. The van der Waals surface area contributed by atoms with E-state index in [1.165, 1.54) is 27.8 Å². The fourth-order valence-electron chi connectivity index (χ4n) is 7.52. The fourth-order valence-corrected chi connectivity index (χ4v) is 7.52. The van der Waals surface area contributed by atoms with Crippen molar-refractivity contribution in [2.45, 2.75) is 6.92 Å². The second-order valence-corrected chi connectivity index (χ2v) is 14.1. The van der Waals surface area contributed by atoms with Gasteiger partial charge in [-0.1, -0.05) is 157 Å². The van der Waals surface area contributed by atoms with Gasteiger partial charge in [-0.25, -0.2) is 15.0 Å². The van der Waals surface area contributed by atoms with Crippen molar-refractivity contribution in [1.82, 2.24) is 15.0 Å². The van der Waals surface area contributed by atoms with Crippen molar-refractivity contribution < 1.29 is 4.42 Å². The van der Waals surface area contributed by atoms with E-state index in [0.717, 1.165) is 60.9 Å². The van der Waals surface area contributed by atoms with E-state index in [2.05, 4.69) is 165 Å². The number of furan rings is 1. The normalized spacial score (nSPS) is 11.3. The highest BCUT2D eigenvalue weighted by Crippen LogP contribution is 2.41. The van der Waals surface area contributed by atoms with Crippen molar-refractivity contribution in [3.05, 3.63) is 200 Å². The van der Waals surface area contributed by atoms with E-state index in [0.29, 0.717) is 17.5 Å². The molecule has 10 aromatic rings. The minimum Gasteiger partial charge on any atom is -0.456 e. The Bertz CT molecular complexity index is 2950. The van der Waals surface area contributed by atoms with Gasteiger partial charge in [0.25, 0.3) is 0 Å². The molecule has 0 saturated heterocycles.